The van der Waals surface area contributed by atoms with Gasteiger partial charge in [-0.3, -0.25) is 9.69 Å². The fourth-order valence-corrected chi connectivity index (χ4v) is 9.20. The average Bonchev–Trinajstić information content (AvgIpc) is 3.50. The number of fused-ring (bicyclic) bond motifs is 3. The van der Waals surface area contributed by atoms with Gasteiger partial charge < -0.3 is 14.2 Å². The normalized spacial score (nSPS) is 20.5. The molecule has 0 spiro atoms. The minimum Gasteiger partial charge on any atom is -0.445 e. The summed E-state index contributed by atoms with van der Waals surface area (Å²) in [7, 11) is -4.12. The van der Waals surface area contributed by atoms with Crippen LogP contribution in [-0.2, 0) is 48.7 Å². The molecule has 1 saturated heterocycles. The Kier molecular flexibility index (Phi) is 9.97. The van der Waals surface area contributed by atoms with E-state index in [1.165, 1.54) is 3.97 Å². The summed E-state index contributed by atoms with van der Waals surface area (Å²) in [6.45, 7) is 4.62. The summed E-state index contributed by atoms with van der Waals surface area (Å²) in [4.78, 5) is 29.1. The second-order valence-electron chi connectivity index (χ2n) is 13.4. The molecule has 7 rings (SSSR count). The fraction of sp³-hybridized carbons (Fsp3) is 0.317. The maximum atomic E-state index is 14.7. The predicted octanol–water partition coefficient (Wildman–Crippen LogP) is 7.95. The second kappa shape index (κ2) is 14.7. The number of aryl methyl sites for hydroxylation is 1. The van der Waals surface area contributed by atoms with E-state index < -0.39 is 28.4 Å². The summed E-state index contributed by atoms with van der Waals surface area (Å²) in [5, 5.41) is 0.824. The Bertz CT molecular complexity index is 2110. The number of hydrogen-bond acceptors (Lipinski definition) is 7. The van der Waals surface area contributed by atoms with Crippen molar-refractivity contribution in [2.45, 2.75) is 70.0 Å². The summed E-state index contributed by atoms with van der Waals surface area (Å²) < 4.78 is 48.7. The first kappa shape index (κ1) is 34.5. The highest BCUT2D eigenvalue weighted by atomic mass is 32.2. The molecule has 1 amide bonds. The number of cyclic esters (lactones) is 1. The van der Waals surface area contributed by atoms with Crippen molar-refractivity contribution in [3.63, 3.8) is 0 Å². The van der Waals surface area contributed by atoms with E-state index >= 15 is 0 Å². The number of carbonyl (C=O) groups is 2. The van der Waals surface area contributed by atoms with Crippen LogP contribution in [0.25, 0.3) is 10.9 Å². The van der Waals surface area contributed by atoms with Gasteiger partial charge in [0.1, 0.15) is 6.61 Å². The number of rotatable bonds is 10. The lowest BCUT2D eigenvalue weighted by Gasteiger charge is -2.42. The minimum absolute atomic E-state index is 0.0726. The highest BCUT2D eigenvalue weighted by Crippen LogP contribution is 2.45. The van der Waals surface area contributed by atoms with Crippen molar-refractivity contribution in [3.8, 4) is 0 Å². The largest absolute Gasteiger partial charge is 0.445 e. The zero-order valence-corrected chi connectivity index (χ0v) is 29.6. The second-order valence-corrected chi connectivity index (χ2v) is 15.2. The van der Waals surface area contributed by atoms with Gasteiger partial charge in [0, 0.05) is 24.3 Å². The molecule has 1 fully saturated rings. The molecule has 10 heteroatoms. The molecule has 0 bridgehead atoms. The number of hydrogen-bond donors (Lipinski definition) is 0. The molecule has 0 N–H and O–H groups in total. The van der Waals surface area contributed by atoms with Gasteiger partial charge in [0.05, 0.1) is 28.8 Å². The standard InChI is InChI=1S/C41H42N2O7S/c1-3-33-31(25-38(44)50-40(33)48-26-29-12-6-4-7-13-29)24-37-39-35(22-23-42(37)41(45)49-27-30-14-8-5-9-15-30)34-16-10-11-17-36(34)43(39)51(46,47)32-20-18-28(2)19-21-32/h4-21,31,33,37,40H,3,22-27H2,1-2H3/t31-,33+,37-,40-/m0/s1. The van der Waals surface area contributed by atoms with Crippen LogP contribution in [0.15, 0.2) is 114 Å². The molecule has 1 aromatic heterocycles. The Morgan fingerprint density at radius 1 is 0.863 bits per heavy atom. The Hall–Kier alpha value is -4.93. The van der Waals surface area contributed by atoms with E-state index in [0.29, 0.717) is 37.0 Å². The van der Waals surface area contributed by atoms with Gasteiger partial charge >= 0.3 is 12.1 Å². The molecule has 3 heterocycles. The van der Waals surface area contributed by atoms with Crippen molar-refractivity contribution >= 4 is 33.0 Å². The van der Waals surface area contributed by atoms with E-state index in [9.17, 15) is 18.0 Å². The smallest absolute Gasteiger partial charge is 0.410 e. The zero-order chi connectivity index (χ0) is 35.5. The molecular formula is C41H42N2O7S. The number of benzene rings is 4. The van der Waals surface area contributed by atoms with Gasteiger partial charge in [0.2, 0.25) is 6.29 Å². The van der Waals surface area contributed by atoms with Crippen molar-refractivity contribution in [2.24, 2.45) is 11.8 Å². The number of amides is 1. The molecule has 9 nitrogen and oxygen atoms in total. The molecule has 0 saturated carbocycles. The Morgan fingerprint density at radius 2 is 1.51 bits per heavy atom. The third-order valence-corrected chi connectivity index (χ3v) is 11.9. The molecule has 4 aromatic carbocycles. The van der Waals surface area contributed by atoms with E-state index in [0.717, 1.165) is 27.6 Å². The van der Waals surface area contributed by atoms with Crippen molar-refractivity contribution in [3.05, 3.63) is 137 Å². The zero-order valence-electron chi connectivity index (χ0n) is 28.8. The lowest BCUT2D eigenvalue weighted by molar-refractivity contribution is -0.217. The maximum Gasteiger partial charge on any atom is 0.410 e. The van der Waals surface area contributed by atoms with Crippen LogP contribution < -0.4 is 0 Å². The molecule has 51 heavy (non-hydrogen) atoms. The van der Waals surface area contributed by atoms with Gasteiger partial charge in [-0.25, -0.2) is 17.2 Å². The molecule has 2 aliphatic rings. The van der Waals surface area contributed by atoms with E-state index in [4.69, 9.17) is 14.2 Å². The van der Waals surface area contributed by atoms with Crippen molar-refractivity contribution < 1.29 is 32.2 Å². The highest BCUT2D eigenvalue weighted by molar-refractivity contribution is 7.90. The summed E-state index contributed by atoms with van der Waals surface area (Å²) in [5.74, 6) is -0.846. The summed E-state index contributed by atoms with van der Waals surface area (Å²) in [6, 6.07) is 32.7. The Morgan fingerprint density at radius 3 is 2.20 bits per heavy atom. The Balaban J connectivity index is 1.31. The Labute approximate surface area is 298 Å². The molecule has 5 aromatic rings. The molecule has 2 aliphatic heterocycles. The lowest BCUT2D eigenvalue weighted by atomic mass is 9.78. The molecular weight excluding hydrogens is 665 g/mol. The predicted molar refractivity (Wildman–Crippen MR) is 193 cm³/mol. The number of nitrogens with zero attached hydrogens (tertiary/aromatic N) is 2. The van der Waals surface area contributed by atoms with Crippen molar-refractivity contribution in [1.29, 1.82) is 0 Å². The minimum atomic E-state index is -4.12. The molecule has 264 valence electrons. The SMILES string of the molecule is CC[C@@H]1[C@@H](C[C@H]2c3c(c4ccccc4n3S(=O)(=O)c3ccc(C)cc3)CCN2C(=O)OCc2ccccc2)CC(=O)O[C@@H]1OCc1ccccc1. The van der Waals surface area contributed by atoms with Gasteiger partial charge in [0.15, 0.2) is 0 Å². The van der Waals surface area contributed by atoms with Crippen LogP contribution in [0.1, 0.15) is 60.2 Å². The van der Waals surface area contributed by atoms with E-state index in [2.05, 4.69) is 0 Å². The van der Waals surface area contributed by atoms with E-state index in [1.54, 1.807) is 29.2 Å². The molecule has 0 aliphatic carbocycles. The molecule has 4 atom stereocenters. The molecule has 0 unspecified atom stereocenters. The topological polar surface area (TPSA) is 104 Å². The van der Waals surface area contributed by atoms with Crippen LogP contribution in [-0.4, -0.2) is 42.2 Å². The average molecular weight is 707 g/mol. The number of carbonyl (C=O) groups excluding carboxylic acids is 2. The van der Waals surface area contributed by atoms with Gasteiger partial charge in [0.25, 0.3) is 10.0 Å². The van der Waals surface area contributed by atoms with Gasteiger partial charge in [-0.15, -0.1) is 0 Å². The van der Waals surface area contributed by atoms with Gasteiger partial charge in [-0.05, 0) is 67.0 Å². The third-order valence-electron chi connectivity index (χ3n) is 10.2. The van der Waals surface area contributed by atoms with Crippen LogP contribution in [0.5, 0.6) is 0 Å². The number of esters is 1. The van der Waals surface area contributed by atoms with Crippen molar-refractivity contribution in [2.75, 3.05) is 6.54 Å². The van der Waals surface area contributed by atoms with Crippen LogP contribution >= 0.6 is 0 Å². The number of ether oxygens (including phenoxy) is 3. The summed E-state index contributed by atoms with van der Waals surface area (Å²) in [5.41, 5.74) is 4.69. The maximum absolute atomic E-state index is 14.7. The fourth-order valence-electron chi connectivity index (χ4n) is 7.60. The van der Waals surface area contributed by atoms with Gasteiger partial charge in [-0.2, -0.15) is 0 Å². The van der Waals surface area contributed by atoms with Crippen LogP contribution in [0.3, 0.4) is 0 Å². The van der Waals surface area contributed by atoms with Gasteiger partial charge in [-0.1, -0.05) is 103 Å². The first-order valence-corrected chi connectivity index (χ1v) is 19.0. The van der Waals surface area contributed by atoms with E-state index in [-0.39, 0.29) is 42.3 Å². The number of aromatic nitrogens is 1. The van der Waals surface area contributed by atoms with Crippen LogP contribution in [0, 0.1) is 18.8 Å². The highest BCUT2D eigenvalue weighted by Gasteiger charge is 2.45. The van der Waals surface area contributed by atoms with Crippen LogP contribution in [0.4, 0.5) is 4.79 Å². The van der Waals surface area contributed by atoms with E-state index in [1.807, 2.05) is 98.8 Å². The molecule has 0 radical (unpaired) electrons. The first-order chi connectivity index (χ1) is 24.7. The first-order valence-electron chi connectivity index (χ1n) is 17.5. The lowest BCUT2D eigenvalue weighted by Crippen LogP contribution is -2.46. The van der Waals surface area contributed by atoms with Crippen molar-refractivity contribution in [1.82, 2.24) is 8.87 Å². The third kappa shape index (κ3) is 7.03. The summed E-state index contributed by atoms with van der Waals surface area (Å²) in [6.07, 6.45) is 0.197. The quantitative estimate of drug-likeness (QED) is 0.136. The van der Waals surface area contributed by atoms with Crippen LogP contribution in [0.2, 0.25) is 0 Å². The number of para-hydroxylation sites is 1. The monoisotopic (exact) mass is 706 g/mol. The summed E-state index contributed by atoms with van der Waals surface area (Å²) >= 11 is 0.